The molecule has 8 heteroatoms. The lowest BCUT2D eigenvalue weighted by Gasteiger charge is -2.25. The number of aromatic nitrogens is 3. The molecule has 6 nitrogen and oxygen atoms in total. The van der Waals surface area contributed by atoms with Gasteiger partial charge in [-0.05, 0) is 23.1 Å². The monoisotopic (exact) mass is 423 g/mol. The average Bonchev–Trinajstić information content (AvgIpc) is 3.43. The summed E-state index contributed by atoms with van der Waals surface area (Å²) in [7, 11) is 0. The van der Waals surface area contributed by atoms with Crippen molar-refractivity contribution < 1.29 is 4.74 Å². The van der Waals surface area contributed by atoms with Crippen molar-refractivity contribution >= 4 is 38.7 Å². The Kier molecular flexibility index (Phi) is 5.49. The third-order valence-corrected chi connectivity index (χ3v) is 6.69. The number of nitrogens with one attached hydrogen (secondary N) is 1. The van der Waals surface area contributed by atoms with Gasteiger partial charge in [-0.2, -0.15) is 0 Å². The van der Waals surface area contributed by atoms with Gasteiger partial charge in [-0.15, -0.1) is 22.7 Å². The highest BCUT2D eigenvalue weighted by Crippen LogP contribution is 2.39. The number of hydrogen-bond donors (Lipinski definition) is 1. The van der Waals surface area contributed by atoms with Crippen molar-refractivity contribution in [1.82, 2.24) is 19.9 Å². The van der Waals surface area contributed by atoms with Crippen LogP contribution in [0.5, 0.6) is 0 Å². The number of anilines is 1. The molecule has 1 aliphatic heterocycles. The number of rotatable bonds is 6. The number of ether oxygens (including phenoxy) is 1. The van der Waals surface area contributed by atoms with Gasteiger partial charge in [0, 0.05) is 47.8 Å². The number of pyridine rings is 1. The largest absolute Gasteiger partial charge is 0.379 e. The molecule has 1 saturated heterocycles. The SMILES string of the molecule is c1cncc(CNc2nc(CN3CCOCC3)nc3scc(-c4cccs4)c23)c1. The zero-order valence-corrected chi connectivity index (χ0v) is 17.5. The lowest BCUT2D eigenvalue weighted by atomic mass is 10.2. The van der Waals surface area contributed by atoms with E-state index in [1.54, 1.807) is 28.9 Å². The number of morpholine rings is 1. The fraction of sp³-hybridized carbons (Fsp3) is 0.286. The molecule has 148 valence electrons. The van der Waals surface area contributed by atoms with E-state index in [2.05, 4.69) is 44.2 Å². The van der Waals surface area contributed by atoms with Crippen LogP contribution in [-0.2, 0) is 17.8 Å². The molecule has 1 N–H and O–H groups in total. The molecule has 4 aromatic rings. The van der Waals surface area contributed by atoms with Crippen molar-refractivity contribution in [2.45, 2.75) is 13.1 Å². The van der Waals surface area contributed by atoms with Crippen molar-refractivity contribution in [2.24, 2.45) is 0 Å². The molecule has 0 aliphatic carbocycles. The second-order valence-electron chi connectivity index (χ2n) is 6.90. The summed E-state index contributed by atoms with van der Waals surface area (Å²) in [5.74, 6) is 1.75. The molecule has 0 amide bonds. The molecule has 5 heterocycles. The van der Waals surface area contributed by atoms with Crippen molar-refractivity contribution in [3.8, 4) is 10.4 Å². The van der Waals surface area contributed by atoms with Crippen molar-refractivity contribution in [1.29, 1.82) is 0 Å². The molecule has 0 aromatic carbocycles. The maximum atomic E-state index is 5.47. The smallest absolute Gasteiger partial charge is 0.146 e. The first-order valence-corrected chi connectivity index (χ1v) is 11.4. The lowest BCUT2D eigenvalue weighted by Crippen LogP contribution is -2.36. The Balaban J connectivity index is 1.51. The van der Waals surface area contributed by atoms with E-state index in [0.29, 0.717) is 6.54 Å². The van der Waals surface area contributed by atoms with Crippen molar-refractivity contribution in [2.75, 3.05) is 31.6 Å². The quantitative estimate of drug-likeness (QED) is 0.500. The maximum Gasteiger partial charge on any atom is 0.146 e. The molecule has 0 atom stereocenters. The van der Waals surface area contributed by atoms with E-state index in [0.717, 1.165) is 60.3 Å². The standard InChI is InChI=1S/C21H21N5OS2/c1-3-15(11-22-5-1)12-23-20-19-16(17-4-2-10-28-17)14-29-21(19)25-18(24-20)13-26-6-8-27-9-7-26/h1-5,10-11,14H,6-9,12-13H2,(H,23,24,25). The molecule has 1 aliphatic rings. The zero-order chi connectivity index (χ0) is 19.5. The van der Waals surface area contributed by atoms with Crippen LogP contribution in [0.2, 0.25) is 0 Å². The highest BCUT2D eigenvalue weighted by Gasteiger charge is 2.18. The fourth-order valence-electron chi connectivity index (χ4n) is 3.45. The van der Waals surface area contributed by atoms with Gasteiger partial charge in [-0.1, -0.05) is 12.1 Å². The second kappa shape index (κ2) is 8.54. The van der Waals surface area contributed by atoms with Crippen LogP contribution in [-0.4, -0.2) is 46.2 Å². The molecule has 0 saturated carbocycles. The molecule has 5 rings (SSSR count). The summed E-state index contributed by atoms with van der Waals surface area (Å²) in [6.45, 7) is 4.81. The highest BCUT2D eigenvalue weighted by molar-refractivity contribution is 7.18. The number of fused-ring (bicyclic) bond motifs is 1. The van der Waals surface area contributed by atoms with Gasteiger partial charge < -0.3 is 10.1 Å². The third kappa shape index (κ3) is 4.16. The topological polar surface area (TPSA) is 63.2 Å². The minimum atomic E-state index is 0.677. The van der Waals surface area contributed by atoms with Gasteiger partial charge in [0.25, 0.3) is 0 Å². The Hall–Kier alpha value is -2.39. The number of hydrogen-bond acceptors (Lipinski definition) is 8. The van der Waals surface area contributed by atoms with Crippen LogP contribution in [0, 0.1) is 0 Å². The van der Waals surface area contributed by atoms with Gasteiger partial charge in [-0.3, -0.25) is 9.88 Å². The summed E-state index contributed by atoms with van der Waals surface area (Å²) in [4.78, 5) is 18.7. The van der Waals surface area contributed by atoms with E-state index in [1.807, 2.05) is 12.3 Å². The average molecular weight is 424 g/mol. The van der Waals surface area contributed by atoms with Crippen LogP contribution in [0.4, 0.5) is 5.82 Å². The first kappa shape index (κ1) is 18.6. The predicted octanol–water partition coefficient (Wildman–Crippen LogP) is 4.26. The van der Waals surface area contributed by atoms with Crippen LogP contribution in [0.25, 0.3) is 20.7 Å². The summed E-state index contributed by atoms with van der Waals surface area (Å²) in [6, 6.07) is 8.26. The Morgan fingerprint density at radius 2 is 2.03 bits per heavy atom. The van der Waals surface area contributed by atoms with Gasteiger partial charge in [0.2, 0.25) is 0 Å². The molecule has 0 bridgehead atoms. The van der Waals surface area contributed by atoms with Crippen LogP contribution in [0.15, 0.2) is 47.4 Å². The van der Waals surface area contributed by atoms with Crippen LogP contribution >= 0.6 is 22.7 Å². The zero-order valence-electron chi connectivity index (χ0n) is 15.9. The number of thiophene rings is 2. The van der Waals surface area contributed by atoms with Gasteiger partial charge >= 0.3 is 0 Å². The van der Waals surface area contributed by atoms with Crippen molar-refractivity contribution in [3.05, 3.63) is 58.8 Å². The minimum absolute atomic E-state index is 0.677. The van der Waals surface area contributed by atoms with Gasteiger partial charge in [0.15, 0.2) is 0 Å². The van der Waals surface area contributed by atoms with Gasteiger partial charge in [-0.25, -0.2) is 9.97 Å². The summed E-state index contributed by atoms with van der Waals surface area (Å²) < 4.78 is 5.47. The van der Waals surface area contributed by atoms with Crippen molar-refractivity contribution in [3.63, 3.8) is 0 Å². The van der Waals surface area contributed by atoms with E-state index < -0.39 is 0 Å². The maximum absolute atomic E-state index is 5.47. The van der Waals surface area contributed by atoms with E-state index in [4.69, 9.17) is 14.7 Å². The van der Waals surface area contributed by atoms with Gasteiger partial charge in [0.1, 0.15) is 16.5 Å². The Morgan fingerprint density at radius 3 is 2.83 bits per heavy atom. The summed E-state index contributed by atoms with van der Waals surface area (Å²) in [5, 5.41) is 8.95. The first-order valence-electron chi connectivity index (χ1n) is 9.62. The molecule has 29 heavy (non-hydrogen) atoms. The van der Waals surface area contributed by atoms with Crippen LogP contribution in [0.1, 0.15) is 11.4 Å². The Morgan fingerprint density at radius 1 is 1.10 bits per heavy atom. The summed E-state index contributed by atoms with van der Waals surface area (Å²) in [6.07, 6.45) is 3.68. The summed E-state index contributed by atoms with van der Waals surface area (Å²) >= 11 is 3.43. The molecule has 1 fully saturated rings. The minimum Gasteiger partial charge on any atom is -0.379 e. The third-order valence-electron chi connectivity index (χ3n) is 4.92. The number of nitrogens with zero attached hydrogens (tertiary/aromatic N) is 4. The van der Waals surface area contributed by atoms with E-state index in [1.165, 1.54) is 10.4 Å². The van der Waals surface area contributed by atoms with Gasteiger partial charge in [0.05, 0.1) is 25.1 Å². The van der Waals surface area contributed by atoms with Crippen LogP contribution in [0.3, 0.4) is 0 Å². The van der Waals surface area contributed by atoms with Crippen LogP contribution < -0.4 is 5.32 Å². The fourth-order valence-corrected chi connectivity index (χ4v) is 5.23. The molecule has 0 unspecified atom stereocenters. The normalized spacial score (nSPS) is 15.0. The highest BCUT2D eigenvalue weighted by atomic mass is 32.1. The Labute approximate surface area is 177 Å². The molecule has 4 aromatic heterocycles. The predicted molar refractivity (Wildman–Crippen MR) is 118 cm³/mol. The second-order valence-corrected chi connectivity index (χ2v) is 8.70. The van der Waals surface area contributed by atoms with E-state index in [-0.39, 0.29) is 0 Å². The van der Waals surface area contributed by atoms with E-state index >= 15 is 0 Å². The van der Waals surface area contributed by atoms with E-state index in [9.17, 15) is 0 Å². The summed E-state index contributed by atoms with van der Waals surface area (Å²) in [5.41, 5.74) is 2.33. The molecular weight excluding hydrogens is 402 g/mol. The first-order chi connectivity index (χ1) is 14.4. The molecule has 0 radical (unpaired) electrons. The molecule has 0 spiro atoms. The molecular formula is C21H21N5OS2. The lowest BCUT2D eigenvalue weighted by molar-refractivity contribution is 0.0331. The Bertz CT molecular complexity index is 1080.